The minimum absolute atomic E-state index is 0.0192. The molecular weight excluding hydrogens is 772 g/mol. The summed E-state index contributed by atoms with van der Waals surface area (Å²) in [5, 5.41) is 7.19. The topological polar surface area (TPSA) is 168 Å². The Labute approximate surface area is 328 Å². The normalized spacial score (nSPS) is 22.1. The number of nitrogens with one attached hydrogen (secondary N) is 3. The number of unbranched alkanes of at least 4 members (excludes halogenated alkanes) is 3. The van der Waals surface area contributed by atoms with Crippen LogP contribution < -0.4 is 21.6 Å². The molecule has 14 nitrogen and oxygen atoms in total. The fourth-order valence-electron chi connectivity index (χ4n) is 7.19. The van der Waals surface area contributed by atoms with Crippen molar-refractivity contribution in [3.8, 4) is 0 Å². The molecule has 3 N–H and O–H groups in total. The van der Waals surface area contributed by atoms with Gasteiger partial charge in [0.05, 0.1) is 6.61 Å². The number of carbonyl (C=O) groups is 3. The lowest BCUT2D eigenvalue weighted by Crippen LogP contribution is -2.66. The molecule has 4 atom stereocenters. The average molecular weight is 828 g/mol. The number of nitrogens with zero attached hydrogens (tertiary/aromatic N) is 2. The Morgan fingerprint density at radius 2 is 1.46 bits per heavy atom. The van der Waals surface area contributed by atoms with Gasteiger partial charge in [-0.3, -0.25) is 14.2 Å². The van der Waals surface area contributed by atoms with E-state index < -0.39 is 71.4 Å². The zero-order valence-electron chi connectivity index (χ0n) is 33.3. The summed E-state index contributed by atoms with van der Waals surface area (Å²) >= 11 is 0. The van der Waals surface area contributed by atoms with Gasteiger partial charge in [0, 0.05) is 24.8 Å². The Bertz CT molecular complexity index is 1680. The van der Waals surface area contributed by atoms with Crippen molar-refractivity contribution in [2.75, 3.05) is 25.0 Å². The third-order valence-electron chi connectivity index (χ3n) is 10.2. The van der Waals surface area contributed by atoms with Crippen LogP contribution in [0.4, 0.5) is 23.8 Å². The van der Waals surface area contributed by atoms with Crippen molar-refractivity contribution in [1.29, 1.82) is 0 Å². The fraction of sp³-hybridized carbons (Fsp3) is 0.649. The summed E-state index contributed by atoms with van der Waals surface area (Å²) in [5.74, 6) is -2.41. The van der Waals surface area contributed by atoms with Crippen LogP contribution in [0, 0.1) is 0 Å². The molecule has 0 aliphatic carbocycles. The van der Waals surface area contributed by atoms with Gasteiger partial charge in [-0.15, -0.1) is 0 Å². The molecule has 1 aromatic heterocycles. The molecule has 2 fully saturated rings. The van der Waals surface area contributed by atoms with E-state index in [4.69, 9.17) is 22.4 Å². The van der Waals surface area contributed by atoms with Gasteiger partial charge in [0.1, 0.15) is 18.0 Å². The second-order valence-electron chi connectivity index (χ2n) is 15.4. The molecule has 2 aliphatic rings. The van der Waals surface area contributed by atoms with Crippen LogP contribution in [0.1, 0.15) is 97.7 Å². The maximum absolute atomic E-state index is 13.7. The summed E-state index contributed by atoms with van der Waals surface area (Å²) in [4.78, 5) is 55.0. The highest BCUT2D eigenvalue weighted by atomic mass is 28.5. The number of amides is 3. The number of fused-ring (bicyclic) bond motifs is 1. The Hall–Kier alpha value is -3.63. The molecule has 0 bridgehead atoms. The second-order valence-corrected chi connectivity index (χ2v) is 24.3. The van der Waals surface area contributed by atoms with Crippen LogP contribution in [0.3, 0.4) is 0 Å². The highest BCUT2D eigenvalue weighted by molar-refractivity contribution is 6.84. The molecule has 4 rings (SSSR count). The number of hydrogen-bond donors (Lipinski definition) is 3. The van der Waals surface area contributed by atoms with Crippen LogP contribution in [0.15, 0.2) is 47.4 Å². The number of anilines is 1. The lowest BCUT2D eigenvalue weighted by Gasteiger charge is -2.51. The lowest BCUT2D eigenvalue weighted by atomic mass is 10.1. The first kappa shape index (κ1) is 45.1. The quantitative estimate of drug-likeness (QED) is 0.130. The Balaban J connectivity index is 1.58. The van der Waals surface area contributed by atoms with Gasteiger partial charge in [0.2, 0.25) is 0 Å². The molecule has 0 saturated carbocycles. The van der Waals surface area contributed by atoms with Gasteiger partial charge >= 0.3 is 41.0 Å². The average Bonchev–Trinajstić information content (AvgIpc) is 3.43. The molecule has 0 radical (unpaired) electrons. The molecule has 312 valence electrons. The number of carbonyl (C=O) groups excluding carboxylic acids is 3. The summed E-state index contributed by atoms with van der Waals surface area (Å²) in [6, 6.07) is 9.93. The van der Waals surface area contributed by atoms with Crippen molar-refractivity contribution < 1.29 is 50.0 Å². The van der Waals surface area contributed by atoms with Gasteiger partial charge in [-0.05, 0) is 53.2 Å². The molecular formula is C37H56F3N5O9Si2. The SMILES string of the molecule is CC(C)[Si]1(C(C)C)OC[C@H]2O[C@@H](n3ccc(NC(=O)c4ccccc4)nc3=O)[C@H](OC(=O)NCCCCCCNC(=O)C(F)(F)F)[C@@H]2O[Si](C(C)C)(C(C)C)O1. The number of aromatic nitrogens is 2. The van der Waals surface area contributed by atoms with Gasteiger partial charge in [0.15, 0.2) is 12.3 Å². The van der Waals surface area contributed by atoms with Crippen molar-refractivity contribution in [1.82, 2.24) is 20.2 Å². The van der Waals surface area contributed by atoms with E-state index in [0.29, 0.717) is 31.2 Å². The summed E-state index contributed by atoms with van der Waals surface area (Å²) in [6.07, 6.45) is -6.40. The summed E-state index contributed by atoms with van der Waals surface area (Å²) in [5.41, 5.74) is -0.371. The summed E-state index contributed by atoms with van der Waals surface area (Å²) in [6.45, 7) is 16.7. The van der Waals surface area contributed by atoms with E-state index in [0.717, 1.165) is 0 Å². The zero-order valence-corrected chi connectivity index (χ0v) is 35.3. The van der Waals surface area contributed by atoms with Gasteiger partial charge < -0.3 is 38.4 Å². The van der Waals surface area contributed by atoms with Crippen molar-refractivity contribution in [2.45, 2.75) is 134 Å². The maximum atomic E-state index is 13.7. The minimum Gasteiger partial charge on any atom is -0.439 e. The summed E-state index contributed by atoms with van der Waals surface area (Å²) in [7, 11) is -6.18. The van der Waals surface area contributed by atoms with Crippen molar-refractivity contribution in [2.24, 2.45) is 0 Å². The number of alkyl halides is 3. The number of ether oxygens (including phenoxy) is 2. The third-order valence-corrected chi connectivity index (χ3v) is 20.4. The Kier molecular flexibility index (Phi) is 15.5. The third kappa shape index (κ3) is 10.7. The molecule has 2 aromatic rings. The number of rotatable bonds is 15. The first-order valence-corrected chi connectivity index (χ1v) is 23.2. The number of alkyl carbamates (subject to hydrolysis) is 1. The molecule has 0 spiro atoms. The number of hydrogen-bond acceptors (Lipinski definition) is 10. The van der Waals surface area contributed by atoms with Crippen LogP contribution in [0.2, 0.25) is 22.2 Å². The monoisotopic (exact) mass is 827 g/mol. The molecule has 56 heavy (non-hydrogen) atoms. The Morgan fingerprint density at radius 1 is 0.875 bits per heavy atom. The first-order chi connectivity index (χ1) is 26.3. The van der Waals surface area contributed by atoms with Crippen LogP contribution in [0.5, 0.6) is 0 Å². The highest BCUT2D eigenvalue weighted by Gasteiger charge is 2.62. The molecule has 3 heterocycles. The van der Waals surface area contributed by atoms with Gasteiger partial charge in [-0.1, -0.05) is 86.4 Å². The van der Waals surface area contributed by atoms with Crippen molar-refractivity contribution >= 4 is 40.8 Å². The van der Waals surface area contributed by atoms with Crippen LogP contribution in [-0.4, -0.2) is 88.8 Å². The predicted octanol–water partition coefficient (Wildman–Crippen LogP) is 6.68. The fourth-order valence-corrected chi connectivity index (χ4v) is 18.4. The molecule has 1 aromatic carbocycles. The van der Waals surface area contributed by atoms with E-state index in [1.54, 1.807) is 30.3 Å². The molecule has 3 amide bonds. The smallest absolute Gasteiger partial charge is 0.439 e. The molecule has 0 unspecified atom stereocenters. The van der Waals surface area contributed by atoms with Crippen molar-refractivity contribution in [3.63, 3.8) is 0 Å². The second kappa shape index (κ2) is 19.2. The maximum Gasteiger partial charge on any atom is 0.471 e. The van der Waals surface area contributed by atoms with Crippen molar-refractivity contribution in [3.05, 3.63) is 58.6 Å². The largest absolute Gasteiger partial charge is 0.471 e. The molecule has 2 aliphatic heterocycles. The Morgan fingerprint density at radius 3 is 2.02 bits per heavy atom. The first-order valence-electron chi connectivity index (χ1n) is 19.2. The number of halogens is 3. The number of benzene rings is 1. The highest BCUT2D eigenvalue weighted by Crippen LogP contribution is 2.48. The standard InChI is InChI=1S/C37H56F3N5O9Si2/c1-23(2)55(24(3)4)50-22-28-30(53-56(54-55,25(5)6)26(7)8)31(52-36(49)42-20-15-10-9-14-19-41-34(47)37(38,39)40)33(51-28)45-21-18-29(44-35(45)48)43-32(46)27-16-12-11-13-17-27/h11-13,16-18,21,23-26,28,30-31,33H,9-10,14-15,19-20,22H2,1-8H3,(H,41,47)(H,42,49)(H,43,44,46,48)/t28-,30-,31-,33-/m1/s1. The van der Waals surface area contributed by atoms with E-state index in [1.807, 2.05) is 5.32 Å². The zero-order chi connectivity index (χ0) is 41.4. The molecule has 2 saturated heterocycles. The van der Waals surface area contributed by atoms with E-state index >= 15 is 0 Å². The van der Waals surface area contributed by atoms with E-state index in [9.17, 15) is 32.3 Å². The summed E-state index contributed by atoms with van der Waals surface area (Å²) < 4.78 is 72.4. The van der Waals surface area contributed by atoms with Crippen LogP contribution in [-0.2, 0) is 27.2 Å². The van der Waals surface area contributed by atoms with Gasteiger partial charge in [-0.2, -0.15) is 18.2 Å². The minimum atomic E-state index is -4.93. The van der Waals surface area contributed by atoms with E-state index in [2.05, 4.69) is 71.0 Å². The van der Waals surface area contributed by atoms with E-state index in [1.165, 1.54) is 16.8 Å². The molecule has 19 heteroatoms. The van der Waals surface area contributed by atoms with E-state index in [-0.39, 0.29) is 47.7 Å². The predicted molar refractivity (Wildman–Crippen MR) is 206 cm³/mol. The van der Waals surface area contributed by atoms with Gasteiger partial charge in [-0.25, -0.2) is 9.59 Å². The van der Waals surface area contributed by atoms with Gasteiger partial charge in [0.25, 0.3) is 5.91 Å². The van der Waals surface area contributed by atoms with Crippen LogP contribution >= 0.6 is 0 Å². The lowest BCUT2D eigenvalue weighted by molar-refractivity contribution is -0.173. The van der Waals surface area contributed by atoms with Crippen LogP contribution in [0.25, 0.3) is 0 Å².